The summed E-state index contributed by atoms with van der Waals surface area (Å²) in [5.74, 6) is 0. The molecule has 316 valence electrons. The summed E-state index contributed by atoms with van der Waals surface area (Å²) in [4.78, 5) is 0. The second-order valence-corrected chi connectivity index (χ2v) is 20.8. The Morgan fingerprint density at radius 2 is 0.621 bits per heavy atom. The molecule has 0 saturated heterocycles. The van der Waals surface area contributed by atoms with Gasteiger partial charge in [-0.1, -0.05) is 147 Å². The lowest BCUT2D eigenvalue weighted by atomic mass is 9.76. The van der Waals surface area contributed by atoms with Crippen LogP contribution in [-0.2, 0) is 10.8 Å². The second kappa shape index (κ2) is 12.7. The van der Waals surface area contributed by atoms with Crippen molar-refractivity contribution in [1.29, 1.82) is 0 Å². The van der Waals surface area contributed by atoms with Gasteiger partial charge in [0.05, 0.1) is 33.4 Å². The summed E-state index contributed by atoms with van der Waals surface area (Å²) >= 11 is 0. The quantitative estimate of drug-likeness (QED) is 0.164. The molecular formula is C64H50N2. The molecule has 12 aromatic rings. The van der Waals surface area contributed by atoms with Crippen LogP contribution >= 0.6 is 0 Å². The molecule has 14 rings (SSSR count). The number of benzene rings is 10. The first-order valence-electron chi connectivity index (χ1n) is 23.7. The van der Waals surface area contributed by atoms with Crippen molar-refractivity contribution in [3.63, 3.8) is 0 Å². The number of fused-ring (bicyclic) bond motifs is 19. The van der Waals surface area contributed by atoms with Gasteiger partial charge in [-0.15, -0.1) is 0 Å². The van der Waals surface area contributed by atoms with Gasteiger partial charge in [-0.05, 0) is 154 Å². The molecule has 10 aromatic carbocycles. The average molecular weight is 847 g/mol. The fraction of sp³-hybridized carbons (Fsp3) is 0.156. The largest absolute Gasteiger partial charge is 0.309 e. The molecule has 0 saturated carbocycles. The van der Waals surface area contributed by atoms with E-state index in [1.807, 2.05) is 0 Å². The van der Waals surface area contributed by atoms with E-state index in [4.69, 9.17) is 0 Å². The minimum absolute atomic E-state index is 0.258. The highest BCUT2D eigenvalue weighted by Crippen LogP contribution is 2.59. The van der Waals surface area contributed by atoms with E-state index < -0.39 is 0 Å². The van der Waals surface area contributed by atoms with Crippen molar-refractivity contribution in [2.75, 3.05) is 0 Å². The van der Waals surface area contributed by atoms with Gasteiger partial charge in [-0.2, -0.15) is 0 Å². The Morgan fingerprint density at radius 3 is 0.955 bits per heavy atom. The molecule has 2 aromatic heterocycles. The standard InChI is InChI=1S/C64H50N2/c1-35-17-25-53-47(29-35)48-30-36(2)18-26-54(48)65(53)57-33-51-59(41-15-11-9-13-39(41)57)45-23-21-44-43(61(45)63(51,5)6)22-24-46-60-42-16-12-10-14-40(42)58(34-52(60)64(7,8)62(44)46)66-55-27-19-37(3)31-49(55)50-32-38(4)20-28-56(50)66/h9-34H,1-8H3. The highest BCUT2D eigenvalue weighted by atomic mass is 15.0. The number of rotatable bonds is 2. The number of aromatic nitrogens is 2. The van der Waals surface area contributed by atoms with Gasteiger partial charge in [0, 0.05) is 43.1 Å². The second-order valence-electron chi connectivity index (χ2n) is 20.8. The number of aryl methyl sites for hydroxylation is 4. The van der Waals surface area contributed by atoms with Crippen LogP contribution in [0.25, 0.3) is 110 Å². The Bertz CT molecular complexity index is 3810. The van der Waals surface area contributed by atoms with E-state index in [0.29, 0.717) is 0 Å². The first kappa shape index (κ1) is 37.9. The van der Waals surface area contributed by atoms with Crippen LogP contribution in [-0.4, -0.2) is 9.13 Å². The van der Waals surface area contributed by atoms with E-state index in [1.165, 1.54) is 154 Å². The van der Waals surface area contributed by atoms with Gasteiger partial charge in [-0.25, -0.2) is 0 Å². The molecule has 2 heteroatoms. The van der Waals surface area contributed by atoms with E-state index in [-0.39, 0.29) is 10.8 Å². The SMILES string of the molecule is Cc1ccc2c(c1)c1cc(C)ccc1n2-c1cc2c(c3ccccc13)-c1ccc3c4c(ccc3c1C2(C)C)-c1c(cc(-n2c3ccc(C)cc3c3cc(C)ccc32)c2ccccc12)C4(C)C. The van der Waals surface area contributed by atoms with Gasteiger partial charge >= 0.3 is 0 Å². The van der Waals surface area contributed by atoms with Crippen LogP contribution < -0.4 is 0 Å². The number of nitrogens with zero attached hydrogens (tertiary/aromatic N) is 2. The van der Waals surface area contributed by atoms with Gasteiger partial charge in [0.25, 0.3) is 0 Å². The van der Waals surface area contributed by atoms with E-state index in [9.17, 15) is 0 Å². The van der Waals surface area contributed by atoms with Gasteiger partial charge in [0.1, 0.15) is 0 Å². The molecule has 0 spiro atoms. The van der Waals surface area contributed by atoms with E-state index >= 15 is 0 Å². The van der Waals surface area contributed by atoms with Crippen LogP contribution in [0.2, 0.25) is 0 Å². The normalized spacial score (nSPS) is 14.6. The molecule has 0 aliphatic heterocycles. The topological polar surface area (TPSA) is 9.86 Å². The fourth-order valence-corrected chi connectivity index (χ4v) is 13.1. The Balaban J connectivity index is 1.00. The van der Waals surface area contributed by atoms with Crippen LogP contribution in [0.5, 0.6) is 0 Å². The van der Waals surface area contributed by atoms with Crippen LogP contribution in [0.15, 0.2) is 158 Å². The molecule has 0 atom stereocenters. The zero-order valence-corrected chi connectivity index (χ0v) is 38.9. The van der Waals surface area contributed by atoms with Crippen molar-refractivity contribution in [3.05, 3.63) is 202 Å². The summed E-state index contributed by atoms with van der Waals surface area (Å²) in [5, 5.41) is 13.1. The minimum Gasteiger partial charge on any atom is -0.309 e. The van der Waals surface area contributed by atoms with Crippen molar-refractivity contribution in [1.82, 2.24) is 9.13 Å². The maximum Gasteiger partial charge on any atom is 0.0544 e. The van der Waals surface area contributed by atoms with E-state index in [2.05, 4.69) is 222 Å². The van der Waals surface area contributed by atoms with Crippen molar-refractivity contribution in [2.45, 2.75) is 66.2 Å². The number of hydrogen-bond donors (Lipinski definition) is 0. The molecule has 2 nitrogen and oxygen atoms in total. The third-order valence-electron chi connectivity index (χ3n) is 16.0. The van der Waals surface area contributed by atoms with Gasteiger partial charge in [0.2, 0.25) is 0 Å². The maximum absolute atomic E-state index is 2.54. The molecule has 0 bridgehead atoms. The predicted molar refractivity (Wildman–Crippen MR) is 282 cm³/mol. The molecule has 2 heterocycles. The Labute approximate surface area is 385 Å². The minimum atomic E-state index is -0.258. The van der Waals surface area contributed by atoms with Crippen molar-refractivity contribution in [2.24, 2.45) is 0 Å². The Hall–Kier alpha value is -7.42. The summed E-state index contributed by atoms with van der Waals surface area (Å²) in [6, 6.07) is 61.0. The van der Waals surface area contributed by atoms with Crippen LogP contribution in [0.3, 0.4) is 0 Å². The molecular weight excluding hydrogens is 797 g/mol. The number of hydrogen-bond acceptors (Lipinski definition) is 0. The molecule has 2 aliphatic carbocycles. The molecule has 0 radical (unpaired) electrons. The van der Waals surface area contributed by atoms with Gasteiger partial charge in [0.15, 0.2) is 0 Å². The first-order chi connectivity index (χ1) is 31.9. The van der Waals surface area contributed by atoms with Crippen LogP contribution in [0.4, 0.5) is 0 Å². The highest BCUT2D eigenvalue weighted by Gasteiger charge is 2.43. The summed E-state index contributed by atoms with van der Waals surface area (Å²) in [6.07, 6.45) is 0. The third kappa shape index (κ3) is 4.71. The summed E-state index contributed by atoms with van der Waals surface area (Å²) in [7, 11) is 0. The first-order valence-corrected chi connectivity index (χ1v) is 23.7. The summed E-state index contributed by atoms with van der Waals surface area (Å²) in [6.45, 7) is 18.7. The smallest absolute Gasteiger partial charge is 0.0544 e. The highest BCUT2D eigenvalue weighted by molar-refractivity contribution is 6.17. The summed E-state index contributed by atoms with van der Waals surface area (Å²) in [5.41, 5.74) is 23.2. The molecule has 0 amide bonds. The zero-order chi connectivity index (χ0) is 44.7. The van der Waals surface area contributed by atoms with Crippen molar-refractivity contribution >= 4 is 75.9 Å². The maximum atomic E-state index is 2.54. The lowest BCUT2D eigenvalue weighted by Crippen LogP contribution is -2.18. The lowest BCUT2D eigenvalue weighted by Gasteiger charge is -2.27. The third-order valence-corrected chi connectivity index (χ3v) is 16.0. The molecule has 0 fully saturated rings. The Kier molecular flexibility index (Phi) is 7.28. The average Bonchev–Trinajstić information content (AvgIpc) is 3.95. The molecule has 2 aliphatic rings. The van der Waals surface area contributed by atoms with Gasteiger partial charge in [-0.3, -0.25) is 0 Å². The molecule has 0 N–H and O–H groups in total. The fourth-order valence-electron chi connectivity index (χ4n) is 13.1. The molecule has 66 heavy (non-hydrogen) atoms. The molecule has 0 unspecified atom stereocenters. The van der Waals surface area contributed by atoms with Gasteiger partial charge < -0.3 is 9.13 Å². The van der Waals surface area contributed by atoms with Crippen molar-refractivity contribution < 1.29 is 0 Å². The summed E-state index contributed by atoms with van der Waals surface area (Å²) < 4.78 is 5.08. The van der Waals surface area contributed by atoms with Crippen LogP contribution in [0.1, 0.15) is 72.2 Å². The lowest BCUT2D eigenvalue weighted by molar-refractivity contribution is 0.661. The monoisotopic (exact) mass is 846 g/mol. The predicted octanol–water partition coefficient (Wildman–Crippen LogP) is 17.2. The van der Waals surface area contributed by atoms with Crippen LogP contribution in [0, 0.1) is 27.7 Å². The zero-order valence-electron chi connectivity index (χ0n) is 38.9. The van der Waals surface area contributed by atoms with E-state index in [0.717, 1.165) is 0 Å². The van der Waals surface area contributed by atoms with E-state index in [1.54, 1.807) is 0 Å². The Morgan fingerprint density at radius 1 is 0.303 bits per heavy atom. The van der Waals surface area contributed by atoms with Crippen molar-refractivity contribution in [3.8, 4) is 33.6 Å².